The fourth-order valence-corrected chi connectivity index (χ4v) is 3.07. The van der Waals surface area contributed by atoms with Gasteiger partial charge in [-0.05, 0) is 49.4 Å². The van der Waals surface area contributed by atoms with Gasteiger partial charge in [-0.3, -0.25) is 4.79 Å². The average molecular weight is 312 g/mol. The standard InChI is InChI=1S/C14H18BrNO2/c15-8-7-11-2-1-9-16(10-11)14(18)12-3-5-13(17)6-4-12/h3-6,11,17H,1-2,7-10H2. The van der Waals surface area contributed by atoms with Crippen LogP contribution in [0, 0.1) is 5.92 Å². The van der Waals surface area contributed by atoms with Crippen molar-refractivity contribution in [2.75, 3.05) is 18.4 Å². The van der Waals surface area contributed by atoms with Gasteiger partial charge in [0.2, 0.25) is 0 Å². The molecule has 1 fully saturated rings. The van der Waals surface area contributed by atoms with Crippen LogP contribution in [-0.4, -0.2) is 34.3 Å². The van der Waals surface area contributed by atoms with E-state index in [9.17, 15) is 9.90 Å². The molecule has 0 spiro atoms. The Kier molecular flexibility index (Phi) is 4.64. The van der Waals surface area contributed by atoms with Gasteiger partial charge in [-0.1, -0.05) is 15.9 Å². The number of halogens is 1. The van der Waals surface area contributed by atoms with Crippen molar-refractivity contribution < 1.29 is 9.90 Å². The van der Waals surface area contributed by atoms with E-state index in [2.05, 4.69) is 15.9 Å². The van der Waals surface area contributed by atoms with Gasteiger partial charge < -0.3 is 10.0 Å². The molecule has 0 saturated carbocycles. The second-order valence-electron chi connectivity index (χ2n) is 4.78. The van der Waals surface area contributed by atoms with E-state index in [1.165, 1.54) is 6.42 Å². The molecule has 98 valence electrons. The van der Waals surface area contributed by atoms with Gasteiger partial charge in [0.15, 0.2) is 0 Å². The number of phenolic OH excluding ortho intramolecular Hbond substituents is 1. The van der Waals surface area contributed by atoms with Crippen LogP contribution in [0.4, 0.5) is 0 Å². The lowest BCUT2D eigenvalue weighted by Gasteiger charge is -2.32. The third kappa shape index (κ3) is 3.25. The molecule has 0 radical (unpaired) electrons. The smallest absolute Gasteiger partial charge is 0.253 e. The number of hydrogen-bond acceptors (Lipinski definition) is 2. The molecular weight excluding hydrogens is 294 g/mol. The van der Waals surface area contributed by atoms with Crippen LogP contribution in [0.1, 0.15) is 29.6 Å². The number of alkyl halides is 1. The molecule has 0 aromatic heterocycles. The Morgan fingerprint density at radius 3 is 2.78 bits per heavy atom. The number of hydrogen-bond donors (Lipinski definition) is 1. The highest BCUT2D eigenvalue weighted by Crippen LogP contribution is 2.22. The highest BCUT2D eigenvalue weighted by Gasteiger charge is 2.23. The zero-order valence-electron chi connectivity index (χ0n) is 10.3. The van der Waals surface area contributed by atoms with Gasteiger partial charge in [-0.15, -0.1) is 0 Å². The van der Waals surface area contributed by atoms with E-state index >= 15 is 0 Å². The lowest BCUT2D eigenvalue weighted by atomic mass is 9.95. The maximum atomic E-state index is 12.3. The van der Waals surface area contributed by atoms with Crippen LogP contribution in [0.3, 0.4) is 0 Å². The number of likely N-dealkylation sites (tertiary alicyclic amines) is 1. The summed E-state index contributed by atoms with van der Waals surface area (Å²) in [5.74, 6) is 0.885. The van der Waals surface area contributed by atoms with E-state index < -0.39 is 0 Å². The Morgan fingerprint density at radius 2 is 2.11 bits per heavy atom. The third-order valence-corrected chi connectivity index (χ3v) is 3.90. The van der Waals surface area contributed by atoms with E-state index in [-0.39, 0.29) is 11.7 Å². The van der Waals surface area contributed by atoms with Crippen molar-refractivity contribution in [2.24, 2.45) is 5.92 Å². The van der Waals surface area contributed by atoms with E-state index in [4.69, 9.17) is 0 Å². The van der Waals surface area contributed by atoms with Crippen LogP contribution in [0.15, 0.2) is 24.3 Å². The van der Waals surface area contributed by atoms with Crippen LogP contribution in [0.5, 0.6) is 5.75 Å². The van der Waals surface area contributed by atoms with Crippen LogP contribution in [-0.2, 0) is 0 Å². The van der Waals surface area contributed by atoms with Gasteiger partial charge in [0.05, 0.1) is 0 Å². The van der Waals surface area contributed by atoms with Gasteiger partial charge >= 0.3 is 0 Å². The molecule has 1 heterocycles. The van der Waals surface area contributed by atoms with Crippen LogP contribution < -0.4 is 0 Å². The number of phenols is 1. The van der Waals surface area contributed by atoms with E-state index in [1.54, 1.807) is 24.3 Å². The molecule has 1 aliphatic heterocycles. The van der Waals surface area contributed by atoms with Gasteiger partial charge in [0.25, 0.3) is 5.91 Å². The Labute approximate surface area is 116 Å². The fourth-order valence-electron chi connectivity index (χ4n) is 2.43. The number of aromatic hydroxyl groups is 1. The first kappa shape index (κ1) is 13.4. The SMILES string of the molecule is O=C(c1ccc(O)cc1)N1CCCC(CCBr)C1. The summed E-state index contributed by atoms with van der Waals surface area (Å²) >= 11 is 3.46. The average Bonchev–Trinajstić information content (AvgIpc) is 2.39. The molecule has 3 nitrogen and oxygen atoms in total. The highest BCUT2D eigenvalue weighted by molar-refractivity contribution is 9.09. The van der Waals surface area contributed by atoms with Crippen LogP contribution in [0.25, 0.3) is 0 Å². The summed E-state index contributed by atoms with van der Waals surface area (Å²) in [5.41, 5.74) is 0.660. The van der Waals surface area contributed by atoms with Crippen molar-refractivity contribution in [3.05, 3.63) is 29.8 Å². The Bertz CT molecular complexity index is 403. The summed E-state index contributed by atoms with van der Waals surface area (Å²) in [7, 11) is 0. The highest BCUT2D eigenvalue weighted by atomic mass is 79.9. The molecule has 1 aliphatic rings. The van der Waals surface area contributed by atoms with E-state index in [0.29, 0.717) is 11.5 Å². The van der Waals surface area contributed by atoms with Crippen molar-refractivity contribution in [3.8, 4) is 5.75 Å². The number of carbonyl (C=O) groups excluding carboxylic acids is 1. The molecule has 1 saturated heterocycles. The first-order valence-corrected chi connectivity index (χ1v) is 7.47. The summed E-state index contributed by atoms with van der Waals surface area (Å²) in [5, 5.41) is 10.2. The summed E-state index contributed by atoms with van der Waals surface area (Å²) in [4.78, 5) is 14.2. The fraction of sp³-hybridized carbons (Fsp3) is 0.500. The zero-order chi connectivity index (χ0) is 13.0. The number of piperidine rings is 1. The Morgan fingerprint density at radius 1 is 1.39 bits per heavy atom. The summed E-state index contributed by atoms with van der Waals surface area (Å²) in [6.07, 6.45) is 3.42. The normalized spacial score (nSPS) is 19.8. The number of carbonyl (C=O) groups is 1. The second-order valence-corrected chi connectivity index (χ2v) is 5.58. The molecular formula is C14H18BrNO2. The number of benzene rings is 1. The lowest BCUT2D eigenvalue weighted by molar-refractivity contribution is 0.0672. The molecule has 0 bridgehead atoms. The topological polar surface area (TPSA) is 40.5 Å². The van der Waals surface area contributed by atoms with E-state index in [1.807, 2.05) is 4.90 Å². The molecule has 1 N–H and O–H groups in total. The number of amides is 1. The van der Waals surface area contributed by atoms with Gasteiger partial charge in [-0.25, -0.2) is 0 Å². The summed E-state index contributed by atoms with van der Waals surface area (Å²) in [6.45, 7) is 1.70. The van der Waals surface area contributed by atoms with Crippen LogP contribution in [0.2, 0.25) is 0 Å². The minimum absolute atomic E-state index is 0.0780. The van der Waals surface area contributed by atoms with E-state index in [0.717, 1.165) is 31.3 Å². The number of nitrogens with zero attached hydrogens (tertiary/aromatic N) is 1. The van der Waals surface area contributed by atoms with Crippen molar-refractivity contribution >= 4 is 21.8 Å². The zero-order valence-corrected chi connectivity index (χ0v) is 11.9. The first-order chi connectivity index (χ1) is 8.70. The molecule has 0 aliphatic carbocycles. The van der Waals surface area contributed by atoms with Crippen LogP contribution >= 0.6 is 15.9 Å². The molecule has 2 rings (SSSR count). The molecule has 1 aromatic carbocycles. The Hall–Kier alpha value is -1.03. The molecule has 1 unspecified atom stereocenters. The van der Waals surface area contributed by atoms with Gasteiger partial charge in [-0.2, -0.15) is 0 Å². The van der Waals surface area contributed by atoms with Crippen molar-refractivity contribution in [2.45, 2.75) is 19.3 Å². The molecule has 18 heavy (non-hydrogen) atoms. The molecule has 4 heteroatoms. The van der Waals surface area contributed by atoms with Crippen molar-refractivity contribution in [1.29, 1.82) is 0 Å². The largest absolute Gasteiger partial charge is 0.508 e. The first-order valence-electron chi connectivity index (χ1n) is 6.35. The van der Waals surface area contributed by atoms with Gasteiger partial charge in [0.1, 0.15) is 5.75 Å². The minimum atomic E-state index is 0.0780. The maximum absolute atomic E-state index is 12.3. The molecule has 1 amide bonds. The monoisotopic (exact) mass is 311 g/mol. The van der Waals surface area contributed by atoms with Gasteiger partial charge in [0, 0.05) is 24.0 Å². The maximum Gasteiger partial charge on any atom is 0.253 e. The van der Waals surface area contributed by atoms with Crippen molar-refractivity contribution in [1.82, 2.24) is 4.90 Å². The molecule has 1 aromatic rings. The minimum Gasteiger partial charge on any atom is -0.508 e. The lowest BCUT2D eigenvalue weighted by Crippen LogP contribution is -2.40. The Balaban J connectivity index is 2.02. The predicted octanol–water partition coefficient (Wildman–Crippen LogP) is 3.03. The summed E-state index contributed by atoms with van der Waals surface area (Å²) < 4.78 is 0. The summed E-state index contributed by atoms with van der Waals surface area (Å²) in [6, 6.07) is 6.50. The third-order valence-electron chi connectivity index (χ3n) is 3.44. The second kappa shape index (κ2) is 6.23. The quantitative estimate of drug-likeness (QED) is 0.872. The number of rotatable bonds is 3. The predicted molar refractivity (Wildman–Crippen MR) is 75.1 cm³/mol. The van der Waals surface area contributed by atoms with Crippen molar-refractivity contribution in [3.63, 3.8) is 0 Å². The molecule has 1 atom stereocenters.